The highest BCUT2D eigenvalue weighted by molar-refractivity contribution is 5.97. The summed E-state index contributed by atoms with van der Waals surface area (Å²) in [4.78, 5) is 34.8. The zero-order valence-electron chi connectivity index (χ0n) is 25.9. The number of Topliss-reactive ketones (excluding diaryl/α,β-unsaturated/α-hetero) is 2. The molecule has 1 aromatic carbocycles. The van der Waals surface area contributed by atoms with E-state index < -0.39 is 11.9 Å². The maximum Gasteiger partial charge on any atom is 0.435 e. The summed E-state index contributed by atoms with van der Waals surface area (Å²) in [6.07, 6.45) is 8.96. The standard InChI is InChI=1S/C34H40F3N5O2/c1-5-23-17-22(11-12-25(23)30(44)10-8-7-9-29(43)24-13-14-33(3,6-2)19-24)18-27-32-39-20-28(42(32)16-15-38-27)26-21-41(4)40-31(26)34(35,36)37/h11-12,15-17,20-21,24H,5-10,13-14,18-19H2,1-4H3/t24-,33-/m0/s1. The third kappa shape index (κ3) is 6.64. The SMILES string of the molecule is CCc1cc(Cc2nccn3c(-c4cn(C)nc4C(F)(F)F)cnc23)ccc1C(=O)CCCCC(=O)[C@H]1CC[C@](C)(CC)C1. The number of aryl methyl sites for hydroxylation is 2. The number of carbonyl (C=O) groups excluding carboxylic acids is 2. The third-order valence-corrected chi connectivity index (χ3v) is 9.32. The van der Waals surface area contributed by atoms with E-state index in [1.165, 1.54) is 19.4 Å². The van der Waals surface area contributed by atoms with Crippen molar-refractivity contribution in [1.82, 2.24) is 24.1 Å². The molecule has 234 valence electrons. The highest BCUT2D eigenvalue weighted by atomic mass is 19.4. The fraction of sp³-hybridized carbons (Fsp3) is 0.500. The molecule has 0 spiro atoms. The first-order valence-electron chi connectivity index (χ1n) is 15.5. The molecule has 4 aromatic rings. The molecule has 7 nitrogen and oxygen atoms in total. The zero-order chi connectivity index (χ0) is 31.6. The molecule has 0 N–H and O–H groups in total. The molecule has 44 heavy (non-hydrogen) atoms. The van der Waals surface area contributed by atoms with Crippen LogP contribution in [0.4, 0.5) is 13.2 Å². The number of nitrogens with zero attached hydrogens (tertiary/aromatic N) is 5. The molecule has 0 unspecified atom stereocenters. The second-order valence-corrected chi connectivity index (χ2v) is 12.5. The van der Waals surface area contributed by atoms with Crippen LogP contribution in [0, 0.1) is 11.3 Å². The van der Waals surface area contributed by atoms with Gasteiger partial charge in [0.15, 0.2) is 17.1 Å². The average Bonchev–Trinajstić information content (AvgIpc) is 3.72. The zero-order valence-corrected chi connectivity index (χ0v) is 25.9. The number of halogens is 3. The van der Waals surface area contributed by atoms with E-state index in [-0.39, 0.29) is 23.0 Å². The van der Waals surface area contributed by atoms with Gasteiger partial charge in [-0.15, -0.1) is 0 Å². The van der Waals surface area contributed by atoms with Gasteiger partial charge in [0, 0.05) is 56.4 Å². The fourth-order valence-corrected chi connectivity index (χ4v) is 6.54. The minimum Gasteiger partial charge on any atom is -0.299 e. The Balaban J connectivity index is 1.24. The van der Waals surface area contributed by atoms with Crippen molar-refractivity contribution >= 4 is 17.2 Å². The Bertz CT molecular complexity index is 1670. The molecule has 0 radical (unpaired) electrons. The highest BCUT2D eigenvalue weighted by Gasteiger charge is 2.38. The number of fused-ring (bicyclic) bond motifs is 1. The van der Waals surface area contributed by atoms with Gasteiger partial charge in [0.25, 0.3) is 0 Å². The second kappa shape index (κ2) is 12.7. The van der Waals surface area contributed by atoms with Crippen LogP contribution >= 0.6 is 0 Å². The van der Waals surface area contributed by atoms with Gasteiger partial charge in [-0.1, -0.05) is 45.4 Å². The topological polar surface area (TPSA) is 82.2 Å². The van der Waals surface area contributed by atoms with Gasteiger partial charge in [-0.3, -0.25) is 23.7 Å². The van der Waals surface area contributed by atoms with Crippen LogP contribution in [0.3, 0.4) is 0 Å². The van der Waals surface area contributed by atoms with E-state index in [0.717, 1.165) is 47.9 Å². The Morgan fingerprint density at radius 2 is 1.89 bits per heavy atom. The van der Waals surface area contributed by atoms with Gasteiger partial charge in [-0.2, -0.15) is 18.3 Å². The van der Waals surface area contributed by atoms with Gasteiger partial charge < -0.3 is 0 Å². The van der Waals surface area contributed by atoms with Crippen molar-refractivity contribution in [2.24, 2.45) is 18.4 Å². The quantitative estimate of drug-likeness (QED) is 0.121. The highest BCUT2D eigenvalue weighted by Crippen LogP contribution is 2.44. The molecule has 1 saturated carbocycles. The van der Waals surface area contributed by atoms with Crippen molar-refractivity contribution in [2.45, 2.75) is 91.2 Å². The summed E-state index contributed by atoms with van der Waals surface area (Å²) in [6.45, 7) is 6.48. The molecular formula is C34H40F3N5O2. The van der Waals surface area contributed by atoms with Crippen LogP contribution in [0.2, 0.25) is 0 Å². The molecule has 2 atom stereocenters. The fourth-order valence-electron chi connectivity index (χ4n) is 6.54. The van der Waals surface area contributed by atoms with Gasteiger partial charge in [0.1, 0.15) is 5.78 Å². The maximum absolute atomic E-state index is 13.6. The van der Waals surface area contributed by atoms with Gasteiger partial charge in [0.2, 0.25) is 0 Å². The maximum atomic E-state index is 13.6. The van der Waals surface area contributed by atoms with Crippen LogP contribution in [0.1, 0.15) is 105 Å². The van der Waals surface area contributed by atoms with E-state index in [1.54, 1.807) is 16.8 Å². The molecule has 0 aliphatic heterocycles. The summed E-state index contributed by atoms with van der Waals surface area (Å²) in [5, 5.41) is 3.62. The van der Waals surface area contributed by atoms with Crippen LogP contribution in [0.5, 0.6) is 0 Å². The summed E-state index contributed by atoms with van der Waals surface area (Å²) in [6, 6.07) is 5.76. The van der Waals surface area contributed by atoms with Crippen LogP contribution in [0.15, 0.2) is 43.0 Å². The molecule has 3 heterocycles. The minimum absolute atomic E-state index is 0.0526. The number of hydrogen-bond acceptors (Lipinski definition) is 5. The normalized spacial score (nSPS) is 18.8. The molecule has 5 rings (SSSR count). The van der Waals surface area contributed by atoms with Crippen molar-refractivity contribution in [3.63, 3.8) is 0 Å². The summed E-state index contributed by atoms with van der Waals surface area (Å²) < 4.78 is 43.7. The summed E-state index contributed by atoms with van der Waals surface area (Å²) >= 11 is 0. The average molecular weight is 608 g/mol. The van der Waals surface area contributed by atoms with Crippen LogP contribution in [-0.4, -0.2) is 35.7 Å². The number of unbranched alkanes of at least 4 members (excludes halogenated alkanes) is 1. The number of ketones is 2. The Hall–Kier alpha value is -3.82. The molecule has 3 aromatic heterocycles. The lowest BCUT2D eigenvalue weighted by Gasteiger charge is -2.21. The minimum atomic E-state index is -4.60. The molecule has 0 saturated heterocycles. The molecule has 1 aliphatic rings. The predicted octanol–water partition coefficient (Wildman–Crippen LogP) is 7.83. The Labute approximate surface area is 255 Å². The first-order chi connectivity index (χ1) is 20.9. The second-order valence-electron chi connectivity index (χ2n) is 12.5. The first kappa shape index (κ1) is 31.6. The van der Waals surface area contributed by atoms with Crippen molar-refractivity contribution in [1.29, 1.82) is 0 Å². The number of benzene rings is 1. The van der Waals surface area contributed by atoms with E-state index in [4.69, 9.17) is 0 Å². The van der Waals surface area contributed by atoms with Crippen molar-refractivity contribution < 1.29 is 22.8 Å². The summed E-state index contributed by atoms with van der Waals surface area (Å²) in [5.41, 5.74) is 3.20. The predicted molar refractivity (Wildman–Crippen MR) is 162 cm³/mol. The molecule has 1 fully saturated rings. The lowest BCUT2D eigenvalue weighted by atomic mass is 9.84. The summed E-state index contributed by atoms with van der Waals surface area (Å²) in [7, 11) is 1.45. The first-order valence-corrected chi connectivity index (χ1v) is 15.5. The smallest absolute Gasteiger partial charge is 0.299 e. The number of carbonyl (C=O) groups is 2. The van der Waals surface area contributed by atoms with Gasteiger partial charge in [0.05, 0.1) is 23.1 Å². The van der Waals surface area contributed by atoms with Crippen molar-refractivity contribution in [2.75, 3.05) is 0 Å². The lowest BCUT2D eigenvalue weighted by Crippen LogP contribution is -2.15. The van der Waals surface area contributed by atoms with Crippen LogP contribution in [0.25, 0.3) is 16.9 Å². The van der Waals surface area contributed by atoms with Crippen molar-refractivity contribution in [3.05, 3.63) is 71.1 Å². The van der Waals surface area contributed by atoms with Gasteiger partial charge >= 0.3 is 6.18 Å². The molecule has 10 heteroatoms. The van der Waals surface area contributed by atoms with E-state index in [9.17, 15) is 22.8 Å². The van der Waals surface area contributed by atoms with Gasteiger partial charge in [-0.05, 0) is 55.1 Å². The van der Waals surface area contributed by atoms with Crippen LogP contribution in [-0.2, 0) is 30.9 Å². The van der Waals surface area contributed by atoms with E-state index >= 15 is 0 Å². The van der Waals surface area contributed by atoms with Crippen molar-refractivity contribution in [3.8, 4) is 11.3 Å². The van der Waals surface area contributed by atoms with E-state index in [1.807, 2.05) is 25.1 Å². The van der Waals surface area contributed by atoms with E-state index in [0.29, 0.717) is 60.2 Å². The lowest BCUT2D eigenvalue weighted by molar-refractivity contribution is -0.141. The third-order valence-electron chi connectivity index (χ3n) is 9.32. The number of rotatable bonds is 12. The Morgan fingerprint density at radius 3 is 2.59 bits per heavy atom. The molecule has 0 amide bonds. The molecular weight excluding hydrogens is 567 g/mol. The number of hydrogen-bond donors (Lipinski definition) is 0. The summed E-state index contributed by atoms with van der Waals surface area (Å²) in [5.74, 6) is 0.606. The molecule has 0 bridgehead atoms. The monoisotopic (exact) mass is 607 g/mol. The van der Waals surface area contributed by atoms with Crippen LogP contribution < -0.4 is 0 Å². The Kier molecular flexibility index (Phi) is 9.09. The number of aromatic nitrogens is 5. The van der Waals surface area contributed by atoms with Gasteiger partial charge in [-0.25, -0.2) is 4.98 Å². The largest absolute Gasteiger partial charge is 0.435 e. The number of imidazole rings is 1. The molecule has 1 aliphatic carbocycles. The number of alkyl halides is 3. The Morgan fingerprint density at radius 1 is 1.11 bits per heavy atom. The van der Waals surface area contributed by atoms with E-state index in [2.05, 4.69) is 28.9 Å².